The van der Waals surface area contributed by atoms with E-state index in [-0.39, 0.29) is 53.8 Å². The summed E-state index contributed by atoms with van der Waals surface area (Å²) in [5.74, 6) is -0.805. The third-order valence-corrected chi connectivity index (χ3v) is 7.27. The van der Waals surface area contributed by atoms with Crippen LogP contribution in [0.5, 0.6) is 0 Å². The first-order chi connectivity index (χ1) is 15.8. The van der Waals surface area contributed by atoms with Gasteiger partial charge in [0.15, 0.2) is 0 Å². The first-order valence-electron chi connectivity index (χ1n) is 10.2. The van der Waals surface area contributed by atoms with Crippen LogP contribution in [0.25, 0.3) is 17.3 Å². The highest BCUT2D eigenvalue weighted by Gasteiger charge is 2.32. The van der Waals surface area contributed by atoms with E-state index in [0.29, 0.717) is 0 Å². The highest BCUT2D eigenvalue weighted by atomic mass is 35.5. The lowest BCUT2D eigenvalue weighted by molar-refractivity contribution is 0.0697. The average Bonchev–Trinajstić information content (AvgIpc) is 3.19. The summed E-state index contributed by atoms with van der Waals surface area (Å²) in [5, 5.41) is 5.15. The van der Waals surface area contributed by atoms with Crippen LogP contribution in [-0.4, -0.2) is 54.9 Å². The molecule has 1 aliphatic heterocycles. The molecule has 10 heteroatoms. The Morgan fingerprint density at radius 1 is 1.09 bits per heavy atom. The van der Waals surface area contributed by atoms with Gasteiger partial charge in [0, 0.05) is 31.6 Å². The van der Waals surface area contributed by atoms with Crippen LogP contribution in [0.2, 0.25) is 5.02 Å². The van der Waals surface area contributed by atoms with Gasteiger partial charge in [0.25, 0.3) is 5.91 Å². The SMILES string of the molecule is Cc1onc(-c2c(F)cccc2Cl)c1C(=O)N1CCN(S(=O)(=O)/C=C/c2ccccc2)CC1. The summed E-state index contributed by atoms with van der Waals surface area (Å²) < 4.78 is 46.3. The minimum Gasteiger partial charge on any atom is -0.360 e. The van der Waals surface area contributed by atoms with Gasteiger partial charge in [0.2, 0.25) is 10.0 Å². The molecule has 1 saturated heterocycles. The number of benzene rings is 2. The fourth-order valence-corrected chi connectivity index (χ4v) is 5.06. The minimum absolute atomic E-state index is 0.00775. The molecule has 33 heavy (non-hydrogen) atoms. The molecular formula is C23H21ClFN3O4S. The topological polar surface area (TPSA) is 83.7 Å². The van der Waals surface area contributed by atoms with Crippen LogP contribution in [0.4, 0.5) is 4.39 Å². The molecule has 2 aromatic carbocycles. The molecule has 2 heterocycles. The smallest absolute Gasteiger partial charge is 0.259 e. The van der Waals surface area contributed by atoms with E-state index in [0.717, 1.165) is 5.56 Å². The summed E-state index contributed by atoms with van der Waals surface area (Å²) in [4.78, 5) is 14.7. The quantitative estimate of drug-likeness (QED) is 0.536. The van der Waals surface area contributed by atoms with Gasteiger partial charge in [-0.25, -0.2) is 12.8 Å². The van der Waals surface area contributed by atoms with Gasteiger partial charge in [-0.2, -0.15) is 4.31 Å². The van der Waals surface area contributed by atoms with Crippen molar-refractivity contribution in [3.63, 3.8) is 0 Å². The molecule has 0 saturated carbocycles. The van der Waals surface area contributed by atoms with Crippen LogP contribution in [0.15, 0.2) is 58.5 Å². The second-order valence-electron chi connectivity index (χ2n) is 7.51. The fraction of sp³-hybridized carbons (Fsp3) is 0.217. The number of nitrogens with zero attached hydrogens (tertiary/aromatic N) is 3. The molecule has 3 aromatic rings. The normalized spacial score (nSPS) is 15.3. The van der Waals surface area contributed by atoms with Crippen molar-refractivity contribution < 1.29 is 22.1 Å². The van der Waals surface area contributed by atoms with Crippen molar-refractivity contribution >= 4 is 33.6 Å². The van der Waals surface area contributed by atoms with E-state index in [1.54, 1.807) is 6.92 Å². The van der Waals surface area contributed by atoms with Crippen LogP contribution >= 0.6 is 11.6 Å². The Bertz CT molecular complexity index is 1280. The number of halogens is 2. The zero-order valence-corrected chi connectivity index (χ0v) is 19.3. The molecule has 0 spiro atoms. The van der Waals surface area contributed by atoms with E-state index >= 15 is 0 Å². The molecule has 0 atom stereocenters. The third-order valence-electron chi connectivity index (χ3n) is 5.39. The largest absolute Gasteiger partial charge is 0.360 e. The molecule has 0 aliphatic carbocycles. The molecule has 0 bridgehead atoms. The molecule has 1 amide bonds. The van der Waals surface area contributed by atoms with Crippen molar-refractivity contribution in [2.45, 2.75) is 6.92 Å². The van der Waals surface area contributed by atoms with Crippen LogP contribution in [0.1, 0.15) is 21.7 Å². The number of hydrogen-bond acceptors (Lipinski definition) is 5. The standard InChI is InChI=1S/C23H21ClFN3O4S/c1-16-20(22(26-32-16)21-18(24)8-5-9-19(21)25)23(29)27-11-13-28(14-12-27)33(30,31)15-10-17-6-3-2-4-7-17/h2-10,15H,11-14H2,1H3/b15-10+. The first-order valence-corrected chi connectivity index (χ1v) is 12.1. The molecule has 1 fully saturated rings. The molecule has 1 aromatic heterocycles. The van der Waals surface area contributed by atoms with Crippen molar-refractivity contribution in [2.75, 3.05) is 26.2 Å². The number of piperazine rings is 1. The third kappa shape index (κ3) is 4.85. The molecule has 0 N–H and O–H groups in total. The van der Waals surface area contributed by atoms with E-state index in [2.05, 4.69) is 5.16 Å². The Balaban J connectivity index is 1.50. The summed E-state index contributed by atoms with van der Waals surface area (Å²) in [7, 11) is -3.64. The Hall–Kier alpha value is -3.01. The maximum atomic E-state index is 14.4. The number of hydrogen-bond donors (Lipinski definition) is 0. The number of aryl methyl sites for hydroxylation is 1. The van der Waals surface area contributed by atoms with Gasteiger partial charge in [0.1, 0.15) is 22.8 Å². The highest BCUT2D eigenvalue weighted by molar-refractivity contribution is 7.92. The predicted octanol–water partition coefficient (Wildman–Crippen LogP) is 4.20. The van der Waals surface area contributed by atoms with E-state index in [1.807, 2.05) is 30.3 Å². The Morgan fingerprint density at radius 3 is 2.45 bits per heavy atom. The van der Waals surface area contributed by atoms with Crippen LogP contribution in [0, 0.1) is 12.7 Å². The average molecular weight is 490 g/mol. The lowest BCUT2D eigenvalue weighted by atomic mass is 10.0. The van der Waals surface area contributed by atoms with E-state index in [1.165, 1.54) is 38.9 Å². The molecule has 0 radical (unpaired) electrons. The summed E-state index contributed by atoms with van der Waals surface area (Å²) >= 11 is 6.15. The Labute approximate surface area is 196 Å². The van der Waals surface area contributed by atoms with Crippen molar-refractivity contribution in [1.29, 1.82) is 0 Å². The summed E-state index contributed by atoms with van der Waals surface area (Å²) in [6.45, 7) is 2.17. The monoisotopic (exact) mass is 489 g/mol. The zero-order valence-electron chi connectivity index (χ0n) is 17.7. The number of aromatic nitrogens is 1. The van der Waals surface area contributed by atoms with Gasteiger partial charge in [-0.05, 0) is 30.7 Å². The first kappa shape index (κ1) is 23.2. The maximum absolute atomic E-state index is 14.4. The van der Waals surface area contributed by atoms with Crippen molar-refractivity contribution in [3.05, 3.63) is 81.7 Å². The number of amides is 1. The molecule has 172 valence electrons. The minimum atomic E-state index is -3.64. The summed E-state index contributed by atoms with van der Waals surface area (Å²) in [6, 6.07) is 13.3. The number of sulfonamides is 1. The Kier molecular flexibility index (Phi) is 6.64. The van der Waals surface area contributed by atoms with E-state index < -0.39 is 21.7 Å². The maximum Gasteiger partial charge on any atom is 0.259 e. The van der Waals surface area contributed by atoms with Crippen molar-refractivity contribution in [2.24, 2.45) is 0 Å². The van der Waals surface area contributed by atoms with Crippen LogP contribution < -0.4 is 0 Å². The van der Waals surface area contributed by atoms with E-state index in [4.69, 9.17) is 16.1 Å². The van der Waals surface area contributed by atoms with Crippen molar-refractivity contribution in [1.82, 2.24) is 14.4 Å². The van der Waals surface area contributed by atoms with Gasteiger partial charge >= 0.3 is 0 Å². The number of carbonyl (C=O) groups excluding carboxylic acids is 1. The number of rotatable bonds is 5. The van der Waals surface area contributed by atoms with Gasteiger partial charge in [0.05, 0.1) is 10.6 Å². The summed E-state index contributed by atoms with van der Waals surface area (Å²) in [5.41, 5.74) is 0.910. The highest BCUT2D eigenvalue weighted by Crippen LogP contribution is 2.34. The van der Waals surface area contributed by atoms with Crippen molar-refractivity contribution in [3.8, 4) is 11.3 Å². The predicted molar refractivity (Wildman–Crippen MR) is 124 cm³/mol. The van der Waals surface area contributed by atoms with E-state index in [9.17, 15) is 17.6 Å². The van der Waals surface area contributed by atoms with Crippen LogP contribution in [-0.2, 0) is 10.0 Å². The van der Waals surface area contributed by atoms with Gasteiger partial charge < -0.3 is 9.42 Å². The number of carbonyl (C=O) groups is 1. The van der Waals surface area contributed by atoms with Gasteiger partial charge in [-0.1, -0.05) is 53.2 Å². The Morgan fingerprint density at radius 2 is 1.79 bits per heavy atom. The van der Waals surface area contributed by atoms with Gasteiger partial charge in [-0.15, -0.1) is 0 Å². The van der Waals surface area contributed by atoms with Gasteiger partial charge in [-0.3, -0.25) is 4.79 Å². The molecule has 1 aliphatic rings. The zero-order chi connectivity index (χ0) is 23.6. The molecule has 7 nitrogen and oxygen atoms in total. The molecular weight excluding hydrogens is 469 g/mol. The fourth-order valence-electron chi connectivity index (χ4n) is 3.64. The summed E-state index contributed by atoms with van der Waals surface area (Å²) in [6.07, 6.45) is 1.54. The second-order valence-corrected chi connectivity index (χ2v) is 9.73. The second kappa shape index (κ2) is 9.46. The molecule has 0 unspecified atom stereocenters. The lowest BCUT2D eigenvalue weighted by Crippen LogP contribution is -2.50. The molecule has 4 rings (SSSR count). The lowest BCUT2D eigenvalue weighted by Gasteiger charge is -2.33. The van der Waals surface area contributed by atoms with Crippen LogP contribution in [0.3, 0.4) is 0 Å².